The molecule has 21 heavy (non-hydrogen) atoms. The number of amides is 1. The van der Waals surface area contributed by atoms with E-state index in [1.165, 1.54) is 0 Å². The summed E-state index contributed by atoms with van der Waals surface area (Å²) < 4.78 is 6.51. The highest BCUT2D eigenvalue weighted by molar-refractivity contribution is 9.10. The van der Waals surface area contributed by atoms with E-state index < -0.39 is 0 Å². The van der Waals surface area contributed by atoms with Crippen LogP contribution in [-0.2, 0) is 9.53 Å². The van der Waals surface area contributed by atoms with Crippen molar-refractivity contribution in [3.8, 4) is 0 Å². The fraction of sp³-hybridized carbons (Fsp3) is 0.533. The first kappa shape index (κ1) is 14.8. The molecular weight excluding hydrogens is 334 g/mol. The summed E-state index contributed by atoms with van der Waals surface area (Å²) in [7, 11) is 3.57. The third-order valence-corrected chi connectivity index (χ3v) is 4.93. The number of likely N-dealkylation sites (N-methyl/N-ethyl adjacent to an activating group) is 1. The molecule has 0 bridgehead atoms. The highest BCUT2D eigenvalue weighted by Crippen LogP contribution is 2.39. The fourth-order valence-electron chi connectivity index (χ4n) is 3.15. The van der Waals surface area contributed by atoms with E-state index >= 15 is 0 Å². The highest BCUT2D eigenvalue weighted by Gasteiger charge is 2.31. The van der Waals surface area contributed by atoms with Gasteiger partial charge < -0.3 is 20.3 Å². The summed E-state index contributed by atoms with van der Waals surface area (Å²) in [6.45, 7) is 1.90. The van der Waals surface area contributed by atoms with Gasteiger partial charge in [0.1, 0.15) is 6.04 Å². The number of ether oxygens (including phenoxy) is 1. The standard InChI is InChI=1S/C15H20BrN3O2/c1-17-14-10-6-11(16)13(7-12(10)18-15(14)20)19-5-3-4-9(8-19)21-2/h6-7,9,14,17H,3-5,8H2,1-2H3,(H,18,20). The third-order valence-electron chi connectivity index (χ3n) is 4.29. The normalized spacial score (nSPS) is 24.9. The summed E-state index contributed by atoms with van der Waals surface area (Å²) in [6.07, 6.45) is 2.50. The van der Waals surface area contributed by atoms with Gasteiger partial charge in [0.05, 0.1) is 11.8 Å². The number of nitrogens with zero attached hydrogens (tertiary/aromatic N) is 1. The lowest BCUT2D eigenvalue weighted by atomic mass is 10.0. The van der Waals surface area contributed by atoms with Gasteiger partial charge in [-0.3, -0.25) is 4.79 Å². The lowest BCUT2D eigenvalue weighted by Crippen LogP contribution is -2.39. The molecule has 1 amide bonds. The third kappa shape index (κ3) is 2.67. The minimum Gasteiger partial charge on any atom is -0.380 e. The zero-order valence-corrected chi connectivity index (χ0v) is 13.9. The van der Waals surface area contributed by atoms with Crippen molar-refractivity contribution in [3.63, 3.8) is 0 Å². The number of halogens is 1. The second kappa shape index (κ2) is 5.94. The number of methoxy groups -OCH3 is 1. The van der Waals surface area contributed by atoms with Crippen molar-refractivity contribution >= 4 is 33.2 Å². The van der Waals surface area contributed by atoms with E-state index in [0.717, 1.165) is 47.3 Å². The monoisotopic (exact) mass is 353 g/mol. The van der Waals surface area contributed by atoms with Crippen molar-refractivity contribution in [3.05, 3.63) is 22.2 Å². The van der Waals surface area contributed by atoms with Gasteiger partial charge in [-0.05, 0) is 48.0 Å². The van der Waals surface area contributed by atoms with Gasteiger partial charge in [0.15, 0.2) is 0 Å². The Morgan fingerprint density at radius 2 is 2.29 bits per heavy atom. The van der Waals surface area contributed by atoms with E-state index in [2.05, 4.69) is 37.5 Å². The van der Waals surface area contributed by atoms with Crippen molar-refractivity contribution in [2.45, 2.75) is 25.0 Å². The first-order valence-electron chi connectivity index (χ1n) is 7.23. The molecule has 1 saturated heterocycles. The molecule has 2 aliphatic rings. The number of carbonyl (C=O) groups excluding carboxylic acids is 1. The maximum absolute atomic E-state index is 11.9. The van der Waals surface area contributed by atoms with Crippen LogP contribution in [0.5, 0.6) is 0 Å². The molecule has 3 rings (SSSR count). The van der Waals surface area contributed by atoms with Gasteiger partial charge in [-0.2, -0.15) is 0 Å². The van der Waals surface area contributed by atoms with Crippen LogP contribution in [0.15, 0.2) is 16.6 Å². The van der Waals surface area contributed by atoms with Crippen LogP contribution >= 0.6 is 15.9 Å². The Morgan fingerprint density at radius 3 is 3.00 bits per heavy atom. The van der Waals surface area contributed by atoms with Crippen molar-refractivity contribution in [1.29, 1.82) is 0 Å². The minimum atomic E-state index is -0.265. The summed E-state index contributed by atoms with van der Waals surface area (Å²) in [5, 5.41) is 6.00. The van der Waals surface area contributed by atoms with Crippen LogP contribution in [0, 0.1) is 0 Å². The topological polar surface area (TPSA) is 53.6 Å². The lowest BCUT2D eigenvalue weighted by molar-refractivity contribution is -0.117. The maximum Gasteiger partial charge on any atom is 0.246 e. The molecule has 0 aliphatic carbocycles. The Bertz CT molecular complexity index is 564. The van der Waals surface area contributed by atoms with Gasteiger partial charge in [0.25, 0.3) is 0 Å². The van der Waals surface area contributed by atoms with Crippen LogP contribution < -0.4 is 15.5 Å². The van der Waals surface area contributed by atoms with Crippen LogP contribution in [0.4, 0.5) is 11.4 Å². The number of benzene rings is 1. The van der Waals surface area contributed by atoms with Crippen LogP contribution in [0.25, 0.3) is 0 Å². The fourth-order valence-corrected chi connectivity index (χ4v) is 3.76. The smallest absolute Gasteiger partial charge is 0.246 e. The van der Waals surface area contributed by atoms with Gasteiger partial charge in [0, 0.05) is 35.9 Å². The second-order valence-electron chi connectivity index (χ2n) is 5.55. The second-order valence-corrected chi connectivity index (χ2v) is 6.40. The average molecular weight is 354 g/mol. The Balaban J connectivity index is 1.91. The van der Waals surface area contributed by atoms with E-state index in [9.17, 15) is 4.79 Å². The molecule has 1 aromatic rings. The molecule has 0 aromatic heterocycles. The summed E-state index contributed by atoms with van der Waals surface area (Å²) in [4.78, 5) is 14.3. The lowest BCUT2D eigenvalue weighted by Gasteiger charge is -2.34. The number of hydrogen-bond donors (Lipinski definition) is 2. The summed E-state index contributed by atoms with van der Waals surface area (Å²) in [5.41, 5.74) is 3.02. The average Bonchev–Trinajstić information content (AvgIpc) is 2.80. The summed E-state index contributed by atoms with van der Waals surface area (Å²) in [6, 6.07) is 3.84. The molecule has 2 atom stereocenters. The SMILES string of the molecule is CNC1C(=O)Nc2cc(N3CCCC(OC)C3)c(Br)cc21. The number of carbonyl (C=O) groups is 1. The van der Waals surface area contributed by atoms with E-state index in [0.29, 0.717) is 0 Å². The molecule has 2 heterocycles. The molecule has 114 valence electrons. The Hall–Kier alpha value is -1.11. The van der Waals surface area contributed by atoms with Crippen molar-refractivity contribution in [2.75, 3.05) is 37.5 Å². The molecule has 2 unspecified atom stereocenters. The first-order chi connectivity index (χ1) is 10.1. The van der Waals surface area contributed by atoms with Crippen molar-refractivity contribution in [1.82, 2.24) is 5.32 Å². The van der Waals surface area contributed by atoms with Gasteiger partial charge in [0.2, 0.25) is 5.91 Å². The molecule has 6 heteroatoms. The zero-order valence-electron chi connectivity index (χ0n) is 12.3. The maximum atomic E-state index is 11.9. The van der Waals surface area contributed by atoms with Gasteiger partial charge in [-0.15, -0.1) is 0 Å². The predicted molar refractivity (Wildman–Crippen MR) is 86.8 cm³/mol. The minimum absolute atomic E-state index is 0.00459. The van der Waals surface area contributed by atoms with Crippen LogP contribution in [0.1, 0.15) is 24.4 Å². The van der Waals surface area contributed by atoms with E-state index in [-0.39, 0.29) is 18.1 Å². The number of fused-ring (bicyclic) bond motifs is 1. The number of nitrogens with one attached hydrogen (secondary N) is 2. The van der Waals surface area contributed by atoms with Gasteiger partial charge >= 0.3 is 0 Å². The molecule has 0 spiro atoms. The van der Waals surface area contributed by atoms with E-state index in [1.54, 1.807) is 14.2 Å². The first-order valence-corrected chi connectivity index (χ1v) is 8.02. The van der Waals surface area contributed by atoms with Crippen molar-refractivity contribution < 1.29 is 9.53 Å². The quantitative estimate of drug-likeness (QED) is 0.875. The molecular formula is C15H20BrN3O2. The number of hydrogen-bond acceptors (Lipinski definition) is 4. The van der Waals surface area contributed by atoms with Gasteiger partial charge in [-0.1, -0.05) is 0 Å². The molecule has 2 aliphatic heterocycles. The number of anilines is 2. The molecule has 2 N–H and O–H groups in total. The highest BCUT2D eigenvalue weighted by atomic mass is 79.9. The van der Waals surface area contributed by atoms with Gasteiger partial charge in [-0.25, -0.2) is 0 Å². The number of piperidine rings is 1. The predicted octanol–water partition coefficient (Wildman–Crippen LogP) is 2.28. The van der Waals surface area contributed by atoms with E-state index in [1.807, 2.05) is 6.07 Å². The van der Waals surface area contributed by atoms with Crippen molar-refractivity contribution in [2.24, 2.45) is 0 Å². The molecule has 1 fully saturated rings. The summed E-state index contributed by atoms with van der Waals surface area (Å²) >= 11 is 3.65. The number of rotatable bonds is 3. The molecule has 5 nitrogen and oxygen atoms in total. The largest absolute Gasteiger partial charge is 0.380 e. The Morgan fingerprint density at radius 1 is 1.48 bits per heavy atom. The van der Waals surface area contributed by atoms with E-state index in [4.69, 9.17) is 4.74 Å². The van der Waals surface area contributed by atoms with Crippen LogP contribution in [-0.4, -0.2) is 39.3 Å². The molecule has 0 saturated carbocycles. The van der Waals surface area contributed by atoms with Crippen LogP contribution in [0.2, 0.25) is 0 Å². The summed E-state index contributed by atoms with van der Waals surface area (Å²) in [5.74, 6) is 0.00459. The molecule has 0 radical (unpaired) electrons. The van der Waals surface area contributed by atoms with Crippen LogP contribution in [0.3, 0.4) is 0 Å². The zero-order chi connectivity index (χ0) is 15.0. The Labute approximate surface area is 133 Å². The Kier molecular flexibility index (Phi) is 4.19. The molecule has 1 aromatic carbocycles.